The molecule has 39 heavy (non-hydrogen) atoms. The van der Waals surface area contributed by atoms with Crippen LogP contribution in [-0.4, -0.2) is 51.7 Å². The van der Waals surface area contributed by atoms with Crippen LogP contribution in [0.1, 0.15) is 29.4 Å². The van der Waals surface area contributed by atoms with Gasteiger partial charge in [0.1, 0.15) is 23.9 Å². The Labute approximate surface area is 224 Å². The normalized spacial score (nSPS) is 13.6. The van der Waals surface area contributed by atoms with E-state index in [9.17, 15) is 29.1 Å². The number of benzene rings is 2. The zero-order valence-corrected chi connectivity index (χ0v) is 23.3. The van der Waals surface area contributed by atoms with Crippen LogP contribution in [0.25, 0.3) is 21.9 Å². The lowest BCUT2D eigenvalue weighted by atomic mass is 9.89. The molecule has 2 aromatic carbocycles. The number of carbonyl (C=O) groups is 1. The maximum absolute atomic E-state index is 13.5. The van der Waals surface area contributed by atoms with Crippen molar-refractivity contribution >= 4 is 36.1 Å². The number of aryl methyl sites for hydroxylation is 1. The number of halogens is 2. The number of imidazole rings is 1. The van der Waals surface area contributed by atoms with Crippen molar-refractivity contribution in [1.29, 1.82) is 5.26 Å². The predicted molar refractivity (Wildman–Crippen MR) is 144 cm³/mol. The van der Waals surface area contributed by atoms with Crippen molar-refractivity contribution in [3.8, 4) is 11.8 Å². The van der Waals surface area contributed by atoms with E-state index in [1.165, 1.54) is 25.3 Å². The van der Waals surface area contributed by atoms with Gasteiger partial charge in [0.2, 0.25) is 0 Å². The lowest BCUT2D eigenvalue weighted by Gasteiger charge is -2.28. The van der Waals surface area contributed by atoms with Crippen molar-refractivity contribution in [3.05, 3.63) is 59.0 Å². The maximum atomic E-state index is 13.5. The van der Waals surface area contributed by atoms with E-state index < -0.39 is 26.4 Å². The van der Waals surface area contributed by atoms with E-state index >= 15 is 0 Å². The number of hydrogen-bond donors (Lipinski definition) is 2. The van der Waals surface area contributed by atoms with Crippen molar-refractivity contribution in [3.63, 3.8) is 0 Å². The zero-order chi connectivity index (χ0) is 28.7. The summed E-state index contributed by atoms with van der Waals surface area (Å²) in [5.41, 5.74) is -0.178. The summed E-state index contributed by atoms with van der Waals surface area (Å²) in [5, 5.41) is 31.5. The van der Waals surface area contributed by atoms with Gasteiger partial charge in [-0.1, -0.05) is 19.6 Å². The lowest BCUT2D eigenvalue weighted by Crippen LogP contribution is -2.30. The van der Waals surface area contributed by atoms with E-state index in [0.717, 1.165) is 10.6 Å². The average molecular weight is 557 g/mol. The van der Waals surface area contributed by atoms with E-state index in [1.54, 1.807) is 29.7 Å². The molecule has 1 atom stereocenters. The van der Waals surface area contributed by atoms with Gasteiger partial charge in [0, 0.05) is 31.8 Å². The molecule has 0 fully saturated rings. The number of rotatable bonds is 9. The molecule has 0 aliphatic carbocycles. The molecule has 2 N–H and O–H groups in total. The molecular weight excluding hydrogens is 526 g/mol. The van der Waals surface area contributed by atoms with E-state index in [1.807, 2.05) is 0 Å². The highest BCUT2D eigenvalue weighted by Crippen LogP contribution is 2.43. The molecule has 0 aliphatic heterocycles. The fraction of sp³-hybridized carbons (Fsp3) is 0.370. The van der Waals surface area contributed by atoms with Gasteiger partial charge in [-0.3, -0.25) is 4.57 Å². The quantitative estimate of drug-likeness (QED) is 0.195. The number of nitrogens with zero attached hydrogens (tertiary/aromatic N) is 4. The van der Waals surface area contributed by atoms with Gasteiger partial charge >= 0.3 is 12.7 Å². The average Bonchev–Trinajstić information content (AvgIpc) is 3.43. The van der Waals surface area contributed by atoms with E-state index in [4.69, 9.17) is 9.47 Å². The summed E-state index contributed by atoms with van der Waals surface area (Å²) in [6.45, 7) is 6.86. The molecule has 0 radical (unpaired) electrons. The van der Waals surface area contributed by atoms with Gasteiger partial charge in [-0.2, -0.15) is 14.0 Å². The molecule has 9 nitrogen and oxygen atoms in total. The Morgan fingerprint density at radius 3 is 2.59 bits per heavy atom. The smallest absolute Gasteiger partial charge is 0.416 e. The molecule has 0 amide bonds. The van der Waals surface area contributed by atoms with Gasteiger partial charge in [-0.25, -0.2) is 9.78 Å². The first-order valence-corrected chi connectivity index (χ1v) is 16.0. The maximum Gasteiger partial charge on any atom is 0.416 e. The third-order valence-electron chi connectivity index (χ3n) is 6.56. The SMILES string of the molecule is Cc1cc(OC(F)F)c(C(C)(O)c2nc3ccc(C#N)cc3n2COCC[Si](C)(C)C)c2ccn(C(=O)O)c12. The summed E-state index contributed by atoms with van der Waals surface area (Å²) in [6.07, 6.45) is 0.0150. The fourth-order valence-electron chi connectivity index (χ4n) is 4.70. The van der Waals surface area contributed by atoms with E-state index in [-0.39, 0.29) is 34.8 Å². The third-order valence-corrected chi connectivity index (χ3v) is 8.27. The van der Waals surface area contributed by atoms with Gasteiger partial charge in [0.15, 0.2) is 0 Å². The molecule has 0 bridgehead atoms. The van der Waals surface area contributed by atoms with Crippen LogP contribution in [0.2, 0.25) is 25.7 Å². The number of carboxylic acid groups (broad SMARTS) is 1. The molecule has 12 heteroatoms. The van der Waals surface area contributed by atoms with Crippen molar-refractivity contribution in [1.82, 2.24) is 14.1 Å². The minimum absolute atomic E-state index is 0.0163. The van der Waals surface area contributed by atoms with Crippen LogP contribution in [0.3, 0.4) is 0 Å². The van der Waals surface area contributed by atoms with E-state index in [2.05, 4.69) is 30.7 Å². The number of fused-ring (bicyclic) bond motifs is 2. The van der Waals surface area contributed by atoms with Crippen LogP contribution in [-0.2, 0) is 17.1 Å². The third kappa shape index (κ3) is 5.52. The minimum atomic E-state index is -3.19. The standard InChI is InChI=1S/C27H30F2N4O5Si/c1-16-12-21(38-25(28)29)22(18-8-9-32(23(16)18)26(34)35)27(2,36)24-31-19-7-6-17(14-30)13-20(19)33(24)15-37-10-11-39(3,4)5/h6-9,12-13,25,36H,10-11,15H2,1-5H3,(H,34,35). The molecular formula is C27H30F2N4O5Si. The van der Waals surface area contributed by atoms with Crippen molar-refractivity contribution in [2.75, 3.05) is 6.61 Å². The topological polar surface area (TPSA) is 123 Å². The Bertz CT molecular complexity index is 1600. The largest absolute Gasteiger partial charge is 0.464 e. The number of nitriles is 1. The van der Waals surface area contributed by atoms with Gasteiger partial charge in [0.05, 0.1) is 28.2 Å². The first-order valence-electron chi connectivity index (χ1n) is 12.3. The molecule has 4 aromatic rings. The van der Waals surface area contributed by atoms with Gasteiger partial charge in [0.25, 0.3) is 0 Å². The monoisotopic (exact) mass is 556 g/mol. The first kappa shape index (κ1) is 28.2. The Morgan fingerprint density at radius 2 is 1.97 bits per heavy atom. The summed E-state index contributed by atoms with van der Waals surface area (Å²) < 4.78 is 40.4. The minimum Gasteiger partial charge on any atom is -0.464 e. The number of ether oxygens (including phenoxy) is 2. The summed E-state index contributed by atoms with van der Waals surface area (Å²) in [7, 11) is -1.40. The van der Waals surface area contributed by atoms with Crippen LogP contribution in [0.15, 0.2) is 36.5 Å². The lowest BCUT2D eigenvalue weighted by molar-refractivity contribution is -0.0528. The molecule has 206 valence electrons. The summed E-state index contributed by atoms with van der Waals surface area (Å²) >= 11 is 0. The van der Waals surface area contributed by atoms with Crippen molar-refractivity contribution in [2.24, 2.45) is 0 Å². The molecule has 0 saturated carbocycles. The zero-order valence-electron chi connectivity index (χ0n) is 22.3. The Balaban J connectivity index is 1.96. The van der Waals surface area contributed by atoms with Gasteiger partial charge in [-0.15, -0.1) is 0 Å². The molecule has 0 saturated heterocycles. The number of aromatic nitrogens is 3. The summed E-state index contributed by atoms with van der Waals surface area (Å²) in [6, 6.07) is 10.5. The number of hydrogen-bond acceptors (Lipinski definition) is 6. The van der Waals surface area contributed by atoms with Gasteiger partial charge in [-0.05, 0) is 55.8 Å². The Morgan fingerprint density at radius 1 is 1.26 bits per heavy atom. The van der Waals surface area contributed by atoms with E-state index in [0.29, 0.717) is 28.8 Å². The molecule has 1 unspecified atom stereocenters. The molecule has 2 heterocycles. The number of aliphatic hydroxyl groups is 1. The van der Waals surface area contributed by atoms with Crippen LogP contribution in [0.4, 0.5) is 13.6 Å². The second-order valence-corrected chi connectivity index (χ2v) is 16.4. The molecule has 4 rings (SSSR count). The van der Waals surface area contributed by atoms with Crippen LogP contribution >= 0.6 is 0 Å². The van der Waals surface area contributed by atoms with Crippen molar-refractivity contribution in [2.45, 2.75) is 58.5 Å². The second kappa shape index (κ2) is 10.4. The Hall–Kier alpha value is -3.79. The highest BCUT2D eigenvalue weighted by Gasteiger charge is 2.38. The second-order valence-electron chi connectivity index (χ2n) is 10.8. The summed E-state index contributed by atoms with van der Waals surface area (Å²) in [5.74, 6) is -0.243. The molecule has 0 spiro atoms. The number of alkyl halides is 2. The molecule has 2 aromatic heterocycles. The van der Waals surface area contributed by atoms with Crippen LogP contribution < -0.4 is 4.74 Å². The molecule has 0 aliphatic rings. The first-order chi connectivity index (χ1) is 18.2. The highest BCUT2D eigenvalue weighted by molar-refractivity contribution is 6.76. The van der Waals surface area contributed by atoms with Crippen LogP contribution in [0, 0.1) is 18.3 Å². The predicted octanol–water partition coefficient (Wildman–Crippen LogP) is 5.87. The fourth-order valence-corrected chi connectivity index (χ4v) is 5.45. The highest BCUT2D eigenvalue weighted by atomic mass is 28.3. The Kier molecular flexibility index (Phi) is 7.53. The van der Waals surface area contributed by atoms with Crippen LogP contribution in [0.5, 0.6) is 5.75 Å². The summed E-state index contributed by atoms with van der Waals surface area (Å²) in [4.78, 5) is 16.5. The van der Waals surface area contributed by atoms with Gasteiger partial charge < -0.3 is 24.3 Å². The van der Waals surface area contributed by atoms with Crippen molar-refractivity contribution < 1.29 is 33.3 Å².